The smallest absolute Gasteiger partial charge is 0.255 e. The van der Waals surface area contributed by atoms with Crippen molar-refractivity contribution < 1.29 is 17.9 Å². The van der Waals surface area contributed by atoms with Gasteiger partial charge in [-0.1, -0.05) is 6.92 Å². The number of aromatic nitrogens is 1. The number of aryl methyl sites for hydroxylation is 1. The summed E-state index contributed by atoms with van der Waals surface area (Å²) < 4.78 is 31.5. The average molecular weight is 365 g/mol. The fourth-order valence-electron chi connectivity index (χ4n) is 2.53. The second-order valence-corrected chi connectivity index (χ2v) is 7.71. The highest BCUT2D eigenvalue weighted by Crippen LogP contribution is 2.29. The molecule has 1 amide bonds. The summed E-state index contributed by atoms with van der Waals surface area (Å²) in [5.74, 6) is -0.293. The Morgan fingerprint density at radius 3 is 2.64 bits per heavy atom. The highest BCUT2D eigenvalue weighted by molar-refractivity contribution is 7.91. The number of benzene rings is 1. The van der Waals surface area contributed by atoms with Gasteiger partial charge in [0, 0.05) is 24.5 Å². The van der Waals surface area contributed by atoms with Crippen LogP contribution in [0.3, 0.4) is 0 Å². The Morgan fingerprint density at radius 1 is 1.32 bits per heavy atom. The molecule has 0 bridgehead atoms. The molecule has 2 rings (SSSR count). The first-order chi connectivity index (χ1) is 11.8. The van der Waals surface area contributed by atoms with Crippen LogP contribution < -0.4 is 15.8 Å². The molecule has 2 aromatic rings. The Bertz CT molecular complexity index is 872. The fraction of sp³-hybridized carbons (Fsp3) is 0.353. The number of anilines is 1. The lowest BCUT2D eigenvalue weighted by molar-refractivity contribution is 0.0947. The van der Waals surface area contributed by atoms with E-state index in [1.165, 1.54) is 26.2 Å². The van der Waals surface area contributed by atoms with Gasteiger partial charge in [0.2, 0.25) is 0 Å². The number of carbonyl (C=O) groups is 1. The molecule has 0 saturated carbocycles. The molecule has 0 saturated heterocycles. The van der Waals surface area contributed by atoms with Gasteiger partial charge in [-0.3, -0.25) is 4.79 Å². The Labute approximate surface area is 147 Å². The Kier molecular flexibility index (Phi) is 5.73. The topological polar surface area (TPSA) is 103 Å². The summed E-state index contributed by atoms with van der Waals surface area (Å²) >= 11 is 0. The van der Waals surface area contributed by atoms with Crippen molar-refractivity contribution in [1.29, 1.82) is 0 Å². The lowest BCUT2D eigenvalue weighted by Crippen LogP contribution is -2.25. The molecule has 3 N–H and O–H groups in total. The van der Waals surface area contributed by atoms with Crippen molar-refractivity contribution in [3.63, 3.8) is 0 Å². The van der Waals surface area contributed by atoms with Crippen molar-refractivity contribution >= 4 is 21.4 Å². The molecule has 0 atom stereocenters. The SMILES string of the molecule is CCn1cccc1CNC(=O)c1cc(S(=O)(=O)CC)c(N)cc1OC. The number of amides is 1. The molecule has 0 aliphatic carbocycles. The monoisotopic (exact) mass is 365 g/mol. The molecule has 25 heavy (non-hydrogen) atoms. The van der Waals surface area contributed by atoms with Gasteiger partial charge in [-0.15, -0.1) is 0 Å². The number of hydrogen-bond donors (Lipinski definition) is 2. The van der Waals surface area contributed by atoms with Crippen LogP contribution in [0.1, 0.15) is 29.9 Å². The van der Waals surface area contributed by atoms with Gasteiger partial charge in [0.05, 0.1) is 35.6 Å². The number of nitrogen functional groups attached to an aromatic ring is 1. The third-order valence-electron chi connectivity index (χ3n) is 3.99. The lowest BCUT2D eigenvalue weighted by atomic mass is 10.1. The van der Waals surface area contributed by atoms with Gasteiger partial charge in [0.25, 0.3) is 5.91 Å². The number of nitrogens with one attached hydrogen (secondary N) is 1. The van der Waals surface area contributed by atoms with Crippen LogP contribution in [0.2, 0.25) is 0 Å². The third-order valence-corrected chi connectivity index (χ3v) is 5.77. The molecule has 0 spiro atoms. The molecule has 7 nitrogen and oxygen atoms in total. The third kappa shape index (κ3) is 3.96. The van der Waals surface area contributed by atoms with Crippen molar-refractivity contribution in [3.05, 3.63) is 41.7 Å². The Hall–Kier alpha value is -2.48. The average Bonchev–Trinajstić information content (AvgIpc) is 3.06. The first-order valence-electron chi connectivity index (χ1n) is 7.96. The highest BCUT2D eigenvalue weighted by atomic mass is 32.2. The van der Waals surface area contributed by atoms with Gasteiger partial charge in [-0.05, 0) is 25.1 Å². The molecule has 1 heterocycles. The van der Waals surface area contributed by atoms with E-state index in [0.717, 1.165) is 12.2 Å². The second kappa shape index (κ2) is 7.60. The second-order valence-electron chi connectivity index (χ2n) is 5.46. The van der Waals surface area contributed by atoms with Crippen molar-refractivity contribution in [2.24, 2.45) is 0 Å². The molecule has 0 fully saturated rings. The predicted octanol–water partition coefficient (Wildman–Crippen LogP) is 1.82. The maximum Gasteiger partial charge on any atom is 0.255 e. The number of hydrogen-bond acceptors (Lipinski definition) is 5. The zero-order valence-corrected chi connectivity index (χ0v) is 15.4. The van der Waals surface area contributed by atoms with Crippen LogP contribution in [0.4, 0.5) is 5.69 Å². The number of nitrogens with two attached hydrogens (primary N) is 1. The number of ether oxygens (including phenoxy) is 1. The molecule has 1 aromatic carbocycles. The van der Waals surface area contributed by atoms with Gasteiger partial charge < -0.3 is 20.4 Å². The minimum Gasteiger partial charge on any atom is -0.496 e. The minimum atomic E-state index is -3.54. The van der Waals surface area contributed by atoms with E-state index in [4.69, 9.17) is 10.5 Å². The van der Waals surface area contributed by atoms with E-state index in [-0.39, 0.29) is 27.6 Å². The van der Waals surface area contributed by atoms with Crippen LogP contribution in [0.25, 0.3) is 0 Å². The zero-order chi connectivity index (χ0) is 18.6. The molecular weight excluding hydrogens is 342 g/mol. The lowest BCUT2D eigenvalue weighted by Gasteiger charge is -2.14. The van der Waals surface area contributed by atoms with Crippen LogP contribution in [0.5, 0.6) is 5.75 Å². The van der Waals surface area contributed by atoms with Crippen molar-refractivity contribution in [2.45, 2.75) is 31.8 Å². The standard InChI is InChI=1S/C17H23N3O4S/c1-4-20-8-6-7-12(20)11-19-17(21)13-9-16(25(22,23)5-2)14(18)10-15(13)24-3/h6-10H,4-5,11,18H2,1-3H3,(H,19,21). The fourth-order valence-corrected chi connectivity index (χ4v) is 3.56. The summed E-state index contributed by atoms with van der Waals surface area (Å²) in [5, 5.41) is 2.79. The summed E-state index contributed by atoms with van der Waals surface area (Å²) in [6.07, 6.45) is 1.93. The zero-order valence-electron chi connectivity index (χ0n) is 14.6. The van der Waals surface area contributed by atoms with E-state index >= 15 is 0 Å². The van der Waals surface area contributed by atoms with Crippen molar-refractivity contribution in [3.8, 4) is 5.75 Å². The van der Waals surface area contributed by atoms with Gasteiger partial charge in [0.15, 0.2) is 9.84 Å². The molecular formula is C17H23N3O4S. The largest absolute Gasteiger partial charge is 0.496 e. The van der Waals surface area contributed by atoms with E-state index in [1.54, 1.807) is 0 Å². The van der Waals surface area contributed by atoms with Crippen LogP contribution in [-0.2, 0) is 22.9 Å². The van der Waals surface area contributed by atoms with Crippen LogP contribution >= 0.6 is 0 Å². The van der Waals surface area contributed by atoms with Crippen LogP contribution in [0, 0.1) is 0 Å². The first kappa shape index (κ1) is 18.9. The predicted molar refractivity (Wildman–Crippen MR) is 96.4 cm³/mol. The number of nitrogens with zero attached hydrogens (tertiary/aromatic N) is 1. The summed E-state index contributed by atoms with van der Waals surface area (Å²) in [6, 6.07) is 6.46. The number of sulfone groups is 1. The first-order valence-corrected chi connectivity index (χ1v) is 9.61. The Balaban J connectivity index is 2.33. The van der Waals surface area contributed by atoms with Crippen molar-refractivity contribution in [2.75, 3.05) is 18.6 Å². The highest BCUT2D eigenvalue weighted by Gasteiger charge is 2.22. The molecule has 0 aliphatic rings. The minimum absolute atomic E-state index is 0.0575. The van der Waals surface area contributed by atoms with E-state index in [0.29, 0.717) is 6.54 Å². The molecule has 1 aromatic heterocycles. The summed E-state index contributed by atoms with van der Waals surface area (Å²) in [6.45, 7) is 4.65. The molecule has 0 radical (unpaired) electrons. The van der Waals surface area contributed by atoms with E-state index in [1.807, 2.05) is 29.8 Å². The number of rotatable bonds is 7. The summed E-state index contributed by atoms with van der Waals surface area (Å²) in [4.78, 5) is 12.5. The molecule has 136 valence electrons. The van der Waals surface area contributed by atoms with Gasteiger partial charge in [0.1, 0.15) is 5.75 Å². The maximum atomic E-state index is 12.6. The number of methoxy groups -OCH3 is 1. The van der Waals surface area contributed by atoms with E-state index in [9.17, 15) is 13.2 Å². The molecule has 0 unspecified atom stereocenters. The summed E-state index contributed by atoms with van der Waals surface area (Å²) in [5.41, 5.74) is 6.98. The van der Waals surface area contributed by atoms with E-state index in [2.05, 4.69) is 5.32 Å². The quantitative estimate of drug-likeness (QED) is 0.729. The van der Waals surface area contributed by atoms with E-state index < -0.39 is 15.7 Å². The number of carbonyl (C=O) groups excluding carboxylic acids is 1. The van der Waals surface area contributed by atoms with Crippen molar-refractivity contribution in [1.82, 2.24) is 9.88 Å². The normalized spacial score (nSPS) is 11.3. The van der Waals surface area contributed by atoms with Crippen LogP contribution in [-0.4, -0.2) is 31.8 Å². The summed E-state index contributed by atoms with van der Waals surface area (Å²) in [7, 11) is -2.14. The van der Waals surface area contributed by atoms with Gasteiger partial charge in [-0.25, -0.2) is 8.42 Å². The molecule has 0 aliphatic heterocycles. The Morgan fingerprint density at radius 2 is 2.04 bits per heavy atom. The van der Waals surface area contributed by atoms with Gasteiger partial charge >= 0.3 is 0 Å². The van der Waals surface area contributed by atoms with Crippen LogP contribution in [0.15, 0.2) is 35.4 Å². The molecule has 8 heteroatoms. The van der Waals surface area contributed by atoms with Gasteiger partial charge in [-0.2, -0.15) is 0 Å². The maximum absolute atomic E-state index is 12.6.